The standard InChI is InChI=1S/C70H136O17P2/c1-7-9-11-13-15-17-29-36-42-48-54-69(74)86-65(58-80-67(72)52-46-40-34-26-16-14-12-10-8-2)60-84-88(76,77)82-56-64(71)57-83-89(78,79)85-61-66(59-81-68(73)53-47-41-35-31-25-28-33-39-45-51-63(5)6)87-70(75)55-49-43-37-30-24-22-20-18-19-21-23-27-32-38-44-50-62(3)4/h62-66,71H,7-61H2,1-6H3,(H,76,77)(H,78,79)/t64-,65+,66+/m0/s1. The Kier molecular flexibility index (Phi) is 60.8. The van der Waals surface area contributed by atoms with E-state index < -0.39 is 97.5 Å². The van der Waals surface area contributed by atoms with Crippen molar-refractivity contribution < 1.29 is 80.2 Å². The van der Waals surface area contributed by atoms with Gasteiger partial charge in [-0.2, -0.15) is 0 Å². The van der Waals surface area contributed by atoms with Gasteiger partial charge in [0.2, 0.25) is 0 Å². The third-order valence-electron chi connectivity index (χ3n) is 16.2. The summed E-state index contributed by atoms with van der Waals surface area (Å²) in [6, 6.07) is 0. The van der Waals surface area contributed by atoms with Gasteiger partial charge < -0.3 is 33.8 Å². The third-order valence-corrected chi connectivity index (χ3v) is 18.1. The zero-order valence-corrected chi connectivity index (χ0v) is 59.5. The fourth-order valence-electron chi connectivity index (χ4n) is 10.6. The summed E-state index contributed by atoms with van der Waals surface area (Å²) in [7, 11) is -9.90. The highest BCUT2D eigenvalue weighted by Gasteiger charge is 2.30. The minimum absolute atomic E-state index is 0.106. The fourth-order valence-corrected chi connectivity index (χ4v) is 12.2. The maximum absolute atomic E-state index is 13.0. The van der Waals surface area contributed by atoms with Crippen molar-refractivity contribution in [2.24, 2.45) is 11.8 Å². The maximum Gasteiger partial charge on any atom is 0.472 e. The fraction of sp³-hybridized carbons (Fsp3) is 0.943. The molecule has 0 rings (SSSR count). The van der Waals surface area contributed by atoms with Crippen molar-refractivity contribution in [1.82, 2.24) is 0 Å². The van der Waals surface area contributed by atoms with E-state index in [0.717, 1.165) is 102 Å². The lowest BCUT2D eigenvalue weighted by molar-refractivity contribution is -0.161. The number of ether oxygens (including phenoxy) is 4. The monoisotopic (exact) mass is 1310 g/mol. The number of phosphoric acid groups is 2. The minimum atomic E-state index is -4.95. The Bertz CT molecular complexity index is 1730. The van der Waals surface area contributed by atoms with Crippen molar-refractivity contribution in [1.29, 1.82) is 0 Å². The molecule has 0 amide bonds. The van der Waals surface area contributed by atoms with Gasteiger partial charge in [0.25, 0.3) is 0 Å². The van der Waals surface area contributed by atoms with Crippen molar-refractivity contribution in [2.45, 2.75) is 374 Å². The van der Waals surface area contributed by atoms with E-state index in [1.165, 1.54) is 173 Å². The first-order chi connectivity index (χ1) is 42.9. The molecule has 17 nitrogen and oxygen atoms in total. The molecule has 0 heterocycles. The number of carbonyl (C=O) groups is 4. The lowest BCUT2D eigenvalue weighted by Crippen LogP contribution is -2.30. The number of esters is 4. The molecule has 0 aromatic heterocycles. The number of aliphatic hydroxyl groups is 1. The van der Waals surface area contributed by atoms with E-state index >= 15 is 0 Å². The smallest absolute Gasteiger partial charge is 0.462 e. The molecule has 3 N–H and O–H groups in total. The van der Waals surface area contributed by atoms with Crippen LogP contribution in [0.4, 0.5) is 0 Å². The summed E-state index contributed by atoms with van der Waals surface area (Å²) in [4.78, 5) is 72.4. The summed E-state index contributed by atoms with van der Waals surface area (Å²) in [5, 5.41) is 10.6. The summed E-state index contributed by atoms with van der Waals surface area (Å²) in [6.45, 7) is 9.53. The van der Waals surface area contributed by atoms with Gasteiger partial charge >= 0.3 is 39.5 Å². The van der Waals surface area contributed by atoms with Crippen LogP contribution in [0.1, 0.15) is 356 Å². The summed E-state index contributed by atoms with van der Waals surface area (Å²) < 4.78 is 68.2. The first kappa shape index (κ1) is 87.1. The van der Waals surface area contributed by atoms with E-state index in [-0.39, 0.29) is 25.7 Å². The average Bonchev–Trinajstić information content (AvgIpc) is 3.70. The molecule has 0 spiro atoms. The molecule has 0 aromatic rings. The molecule has 0 bridgehead atoms. The van der Waals surface area contributed by atoms with Crippen LogP contribution in [0.2, 0.25) is 0 Å². The Morgan fingerprint density at radius 2 is 0.517 bits per heavy atom. The lowest BCUT2D eigenvalue weighted by atomic mass is 10.0. The number of rotatable bonds is 69. The normalized spacial score (nSPS) is 14.1. The SMILES string of the molecule is CCCCCCCCCCCCC(=O)O[C@H](COC(=O)CCCCCCCCCCC)COP(=O)(O)OC[C@H](O)COP(=O)(O)OC[C@@H](COC(=O)CCCCCCCCCCCC(C)C)OC(=O)CCCCCCCCCCCCCCCCCC(C)C. The van der Waals surface area contributed by atoms with Gasteiger partial charge in [0, 0.05) is 25.7 Å². The van der Waals surface area contributed by atoms with Crippen LogP contribution in [0.5, 0.6) is 0 Å². The van der Waals surface area contributed by atoms with Crippen LogP contribution < -0.4 is 0 Å². The number of phosphoric ester groups is 2. The van der Waals surface area contributed by atoms with Crippen LogP contribution in [0.15, 0.2) is 0 Å². The molecule has 0 fully saturated rings. The molecule has 0 aliphatic heterocycles. The Balaban J connectivity index is 5.21. The molecule has 5 atom stereocenters. The lowest BCUT2D eigenvalue weighted by Gasteiger charge is -2.21. The van der Waals surface area contributed by atoms with Gasteiger partial charge in [0.05, 0.1) is 26.4 Å². The van der Waals surface area contributed by atoms with Crippen molar-refractivity contribution in [3.05, 3.63) is 0 Å². The maximum atomic E-state index is 13.0. The quantitative estimate of drug-likeness (QED) is 0.0222. The Morgan fingerprint density at radius 3 is 0.764 bits per heavy atom. The molecular formula is C70H136O17P2. The number of carbonyl (C=O) groups excluding carboxylic acids is 4. The number of hydrogen-bond acceptors (Lipinski definition) is 15. The Morgan fingerprint density at radius 1 is 0.303 bits per heavy atom. The molecule has 89 heavy (non-hydrogen) atoms. The van der Waals surface area contributed by atoms with Crippen molar-refractivity contribution in [3.63, 3.8) is 0 Å². The average molecular weight is 1310 g/mol. The Labute approximate surface area is 543 Å². The van der Waals surface area contributed by atoms with Crippen LogP contribution in [-0.2, 0) is 65.4 Å². The van der Waals surface area contributed by atoms with E-state index in [1.807, 2.05) is 0 Å². The molecule has 2 unspecified atom stereocenters. The van der Waals surface area contributed by atoms with Crippen LogP contribution in [0.3, 0.4) is 0 Å². The highest BCUT2D eigenvalue weighted by molar-refractivity contribution is 7.47. The van der Waals surface area contributed by atoms with E-state index in [1.54, 1.807) is 0 Å². The van der Waals surface area contributed by atoms with Gasteiger partial charge in [-0.1, -0.05) is 305 Å². The highest BCUT2D eigenvalue weighted by Crippen LogP contribution is 2.45. The summed E-state index contributed by atoms with van der Waals surface area (Å²) in [5.74, 6) is -0.579. The van der Waals surface area contributed by atoms with E-state index in [9.17, 15) is 43.2 Å². The number of unbranched alkanes of at least 4 members (excludes halogenated alkanes) is 39. The van der Waals surface area contributed by atoms with E-state index in [0.29, 0.717) is 25.7 Å². The highest BCUT2D eigenvalue weighted by atomic mass is 31.2. The van der Waals surface area contributed by atoms with Gasteiger partial charge in [-0.25, -0.2) is 9.13 Å². The number of hydrogen-bond donors (Lipinski definition) is 3. The molecule has 0 aliphatic carbocycles. The van der Waals surface area contributed by atoms with Gasteiger partial charge in [0.15, 0.2) is 12.2 Å². The molecule has 0 saturated heterocycles. The molecular weight excluding hydrogens is 1170 g/mol. The zero-order valence-electron chi connectivity index (χ0n) is 57.7. The van der Waals surface area contributed by atoms with Gasteiger partial charge in [-0.15, -0.1) is 0 Å². The largest absolute Gasteiger partial charge is 0.472 e. The number of aliphatic hydroxyl groups excluding tert-OH is 1. The molecule has 0 saturated carbocycles. The topological polar surface area (TPSA) is 237 Å². The van der Waals surface area contributed by atoms with Crippen molar-refractivity contribution in [2.75, 3.05) is 39.6 Å². The zero-order chi connectivity index (χ0) is 65.7. The first-order valence-corrected chi connectivity index (χ1v) is 39.5. The van der Waals surface area contributed by atoms with E-state index in [2.05, 4.69) is 41.5 Å². The van der Waals surface area contributed by atoms with Crippen molar-refractivity contribution in [3.8, 4) is 0 Å². The van der Waals surface area contributed by atoms with Crippen LogP contribution in [0, 0.1) is 11.8 Å². The molecule has 528 valence electrons. The second kappa shape index (κ2) is 62.2. The van der Waals surface area contributed by atoms with Gasteiger partial charge in [-0.05, 0) is 37.5 Å². The summed E-state index contributed by atoms with van der Waals surface area (Å²) in [5.41, 5.74) is 0. The van der Waals surface area contributed by atoms with Crippen molar-refractivity contribution >= 4 is 39.5 Å². The predicted octanol–water partition coefficient (Wildman–Crippen LogP) is 20.0. The van der Waals surface area contributed by atoms with Gasteiger partial charge in [-0.3, -0.25) is 37.3 Å². The molecule has 0 aromatic carbocycles. The van der Waals surface area contributed by atoms with E-state index in [4.69, 9.17) is 37.0 Å². The Hall–Kier alpha value is -1.94. The van der Waals surface area contributed by atoms with Gasteiger partial charge in [0.1, 0.15) is 19.3 Å². The minimum Gasteiger partial charge on any atom is -0.462 e. The summed E-state index contributed by atoms with van der Waals surface area (Å²) >= 11 is 0. The third kappa shape index (κ3) is 64.6. The molecule has 0 radical (unpaired) electrons. The first-order valence-electron chi connectivity index (χ1n) is 36.5. The second-order valence-electron chi connectivity index (χ2n) is 26.2. The van der Waals surface area contributed by atoms with Crippen LogP contribution in [0.25, 0.3) is 0 Å². The molecule has 19 heteroatoms. The molecule has 0 aliphatic rings. The van der Waals surface area contributed by atoms with Crippen LogP contribution >= 0.6 is 15.6 Å². The predicted molar refractivity (Wildman–Crippen MR) is 358 cm³/mol. The second-order valence-corrected chi connectivity index (χ2v) is 29.1. The van der Waals surface area contributed by atoms with Crippen LogP contribution in [-0.4, -0.2) is 96.7 Å². The summed E-state index contributed by atoms with van der Waals surface area (Å²) in [6.07, 6.45) is 47.2.